The molecule has 12 heteroatoms. The zero-order chi connectivity index (χ0) is 33.2. The van der Waals surface area contributed by atoms with E-state index < -0.39 is 0 Å². The monoisotopic (exact) mass is 648 g/mol. The summed E-state index contributed by atoms with van der Waals surface area (Å²) >= 11 is 0. The van der Waals surface area contributed by atoms with Crippen LogP contribution in [0.3, 0.4) is 0 Å². The number of anilines is 4. The molecule has 2 fully saturated rings. The summed E-state index contributed by atoms with van der Waals surface area (Å²) in [5.74, 6) is 0.706. The summed E-state index contributed by atoms with van der Waals surface area (Å²) in [6.07, 6.45) is 7.78. The van der Waals surface area contributed by atoms with E-state index in [0.29, 0.717) is 58.8 Å². The standard InChI is InChI=1S/C36H40N8O4/c1-36(2)16-23-15-30-35(47)44(13-12-43(30)31(23)17-36)33-28(20-45)27(6-7-37-33)24-14-29(34(46)40(3)19-24)39-32-5-4-25(18-38-32)41-8-10-42(11-9-41)26-21-48-22-26/h4-7,14-15,18-20,26H,8-13,16-17,21-22H2,1-3H3,(H,38,39). The molecule has 0 saturated carbocycles. The number of nitrogens with one attached hydrogen (secondary N) is 1. The first kappa shape index (κ1) is 30.5. The molecule has 48 heavy (non-hydrogen) atoms. The van der Waals surface area contributed by atoms with Gasteiger partial charge in [0.25, 0.3) is 11.5 Å². The molecule has 0 atom stereocenters. The predicted molar refractivity (Wildman–Crippen MR) is 184 cm³/mol. The van der Waals surface area contributed by atoms with Crippen molar-refractivity contribution >= 4 is 35.2 Å². The molecule has 248 valence electrons. The van der Waals surface area contributed by atoms with Gasteiger partial charge in [-0.1, -0.05) is 13.8 Å². The SMILES string of the molecule is Cn1cc(-c2ccnc(N3CCn4c(cc5c4CC(C)(C)C5)C3=O)c2C=O)cc(Nc2ccc(N3CCN(C4COC4)CC3)cn2)c1=O. The summed E-state index contributed by atoms with van der Waals surface area (Å²) in [5, 5.41) is 3.19. The first-order valence-corrected chi connectivity index (χ1v) is 16.7. The Bertz CT molecular complexity index is 1970. The quantitative estimate of drug-likeness (QED) is 0.301. The highest BCUT2D eigenvalue weighted by molar-refractivity contribution is 6.08. The predicted octanol–water partition coefficient (Wildman–Crippen LogP) is 3.51. The molecule has 0 bridgehead atoms. The molecule has 7 heterocycles. The average Bonchev–Trinajstić information content (AvgIpc) is 3.55. The van der Waals surface area contributed by atoms with Crippen molar-refractivity contribution in [2.45, 2.75) is 39.3 Å². The van der Waals surface area contributed by atoms with Gasteiger partial charge in [-0.05, 0) is 59.7 Å². The van der Waals surface area contributed by atoms with Gasteiger partial charge in [-0.3, -0.25) is 24.2 Å². The number of hydrogen-bond donors (Lipinski definition) is 1. The number of aryl methyl sites for hydroxylation is 1. The van der Waals surface area contributed by atoms with Crippen molar-refractivity contribution < 1.29 is 14.3 Å². The fraction of sp³-hybridized carbons (Fsp3) is 0.417. The summed E-state index contributed by atoms with van der Waals surface area (Å²) in [6.45, 7) is 11.1. The number of ether oxygens (including phenoxy) is 1. The number of carbonyl (C=O) groups excluding carboxylic acids is 2. The topological polar surface area (TPSA) is 118 Å². The molecule has 1 N–H and O–H groups in total. The minimum atomic E-state index is -0.231. The van der Waals surface area contributed by atoms with E-state index in [4.69, 9.17) is 4.74 Å². The molecule has 4 aliphatic rings. The molecule has 4 aromatic rings. The number of hydrogen-bond acceptors (Lipinski definition) is 9. The van der Waals surface area contributed by atoms with Crippen LogP contribution in [0, 0.1) is 5.41 Å². The third kappa shape index (κ3) is 5.29. The minimum absolute atomic E-state index is 0.159. The van der Waals surface area contributed by atoms with Gasteiger partial charge in [-0.25, -0.2) is 9.97 Å². The van der Waals surface area contributed by atoms with E-state index in [1.54, 1.807) is 36.5 Å². The molecule has 1 amide bonds. The van der Waals surface area contributed by atoms with Crippen molar-refractivity contribution in [1.29, 1.82) is 0 Å². The van der Waals surface area contributed by atoms with Gasteiger partial charge in [0.15, 0.2) is 6.29 Å². The van der Waals surface area contributed by atoms with Crippen molar-refractivity contribution in [3.05, 3.63) is 81.8 Å². The Morgan fingerprint density at radius 1 is 0.979 bits per heavy atom. The molecule has 8 rings (SSSR count). The van der Waals surface area contributed by atoms with Gasteiger partial charge < -0.3 is 24.1 Å². The van der Waals surface area contributed by atoms with E-state index in [1.807, 2.05) is 24.4 Å². The molecule has 4 aromatic heterocycles. The number of nitrogens with zero attached hydrogens (tertiary/aromatic N) is 7. The molecule has 2 saturated heterocycles. The lowest BCUT2D eigenvalue weighted by Gasteiger charge is -2.43. The number of aromatic nitrogens is 4. The zero-order valence-corrected chi connectivity index (χ0v) is 27.6. The largest absolute Gasteiger partial charge is 0.378 e. The van der Waals surface area contributed by atoms with Crippen LogP contribution < -0.4 is 20.7 Å². The Morgan fingerprint density at radius 2 is 1.79 bits per heavy atom. The lowest BCUT2D eigenvalue weighted by molar-refractivity contribution is -0.0660. The van der Waals surface area contributed by atoms with Gasteiger partial charge in [-0.15, -0.1) is 0 Å². The van der Waals surface area contributed by atoms with E-state index in [0.717, 1.165) is 64.2 Å². The number of amides is 1. The molecule has 0 unspecified atom stereocenters. The maximum atomic E-state index is 13.8. The van der Waals surface area contributed by atoms with Crippen molar-refractivity contribution in [2.75, 3.05) is 61.1 Å². The number of fused-ring (bicyclic) bond motifs is 3. The van der Waals surface area contributed by atoms with Gasteiger partial charge in [-0.2, -0.15) is 0 Å². The molecule has 12 nitrogen and oxygen atoms in total. The average molecular weight is 649 g/mol. The number of piperazine rings is 1. The second-order valence-electron chi connectivity index (χ2n) is 14.1. The zero-order valence-electron chi connectivity index (χ0n) is 27.6. The minimum Gasteiger partial charge on any atom is -0.378 e. The van der Waals surface area contributed by atoms with Crippen LogP contribution in [0.2, 0.25) is 0 Å². The van der Waals surface area contributed by atoms with Crippen molar-refractivity contribution in [2.24, 2.45) is 12.5 Å². The number of carbonyl (C=O) groups is 2. The first-order chi connectivity index (χ1) is 23.2. The maximum Gasteiger partial charge on any atom is 0.276 e. The summed E-state index contributed by atoms with van der Waals surface area (Å²) < 4.78 is 8.98. The van der Waals surface area contributed by atoms with Crippen LogP contribution in [0.5, 0.6) is 0 Å². The second-order valence-corrected chi connectivity index (χ2v) is 14.1. The summed E-state index contributed by atoms with van der Waals surface area (Å²) in [4.78, 5) is 55.3. The summed E-state index contributed by atoms with van der Waals surface area (Å²) in [6, 6.07) is 9.93. The van der Waals surface area contributed by atoms with E-state index in [2.05, 4.69) is 43.5 Å². The van der Waals surface area contributed by atoms with Crippen LogP contribution in [0.4, 0.5) is 23.0 Å². The number of pyridine rings is 3. The molecule has 1 aliphatic carbocycles. The Balaban J connectivity index is 1.03. The van der Waals surface area contributed by atoms with Crippen LogP contribution >= 0.6 is 0 Å². The third-order valence-electron chi connectivity index (χ3n) is 10.3. The first-order valence-electron chi connectivity index (χ1n) is 16.7. The van der Waals surface area contributed by atoms with Gasteiger partial charge >= 0.3 is 0 Å². The summed E-state index contributed by atoms with van der Waals surface area (Å²) in [5.41, 5.74) is 5.98. The molecule has 0 spiro atoms. The second kappa shape index (κ2) is 11.7. The van der Waals surface area contributed by atoms with Gasteiger partial charge in [0.2, 0.25) is 0 Å². The van der Waals surface area contributed by atoms with Crippen molar-refractivity contribution in [3.63, 3.8) is 0 Å². The highest BCUT2D eigenvalue weighted by Crippen LogP contribution is 2.40. The molecule has 0 aromatic carbocycles. The van der Waals surface area contributed by atoms with Crippen molar-refractivity contribution in [3.8, 4) is 11.1 Å². The molecular weight excluding hydrogens is 608 g/mol. The Labute approximate surface area is 278 Å². The fourth-order valence-corrected chi connectivity index (χ4v) is 7.67. The normalized spacial score (nSPS) is 19.2. The Hall–Kier alpha value is -4.81. The fourth-order valence-electron chi connectivity index (χ4n) is 7.67. The van der Waals surface area contributed by atoms with Gasteiger partial charge in [0.05, 0.1) is 36.7 Å². The van der Waals surface area contributed by atoms with E-state index in [9.17, 15) is 14.4 Å². The lowest BCUT2D eigenvalue weighted by atomic mass is 9.90. The lowest BCUT2D eigenvalue weighted by Crippen LogP contribution is -2.56. The Morgan fingerprint density at radius 3 is 2.50 bits per heavy atom. The van der Waals surface area contributed by atoms with E-state index >= 15 is 0 Å². The van der Waals surface area contributed by atoms with Crippen LogP contribution in [0.15, 0.2) is 53.7 Å². The van der Waals surface area contributed by atoms with E-state index in [1.165, 1.54) is 15.8 Å². The highest BCUT2D eigenvalue weighted by Gasteiger charge is 2.37. The Kier molecular flexibility index (Phi) is 7.44. The maximum absolute atomic E-state index is 13.8. The third-order valence-corrected chi connectivity index (χ3v) is 10.3. The van der Waals surface area contributed by atoms with Crippen LogP contribution in [-0.4, -0.2) is 88.2 Å². The number of rotatable bonds is 7. The van der Waals surface area contributed by atoms with E-state index in [-0.39, 0.29) is 16.9 Å². The van der Waals surface area contributed by atoms with Crippen LogP contribution in [0.1, 0.15) is 46.0 Å². The van der Waals surface area contributed by atoms with Gasteiger partial charge in [0.1, 0.15) is 23.0 Å². The van der Waals surface area contributed by atoms with Crippen LogP contribution in [0.25, 0.3) is 11.1 Å². The molecular formula is C36H40N8O4. The van der Waals surface area contributed by atoms with Gasteiger partial charge in [0, 0.05) is 70.0 Å². The summed E-state index contributed by atoms with van der Waals surface area (Å²) in [7, 11) is 1.68. The smallest absolute Gasteiger partial charge is 0.276 e. The number of aldehydes is 1. The molecule has 3 aliphatic heterocycles. The van der Waals surface area contributed by atoms with Crippen LogP contribution in [-0.2, 0) is 31.2 Å². The van der Waals surface area contributed by atoms with Crippen molar-refractivity contribution in [1.82, 2.24) is 24.0 Å². The molecule has 0 radical (unpaired) electrons. The highest BCUT2D eigenvalue weighted by atomic mass is 16.5.